The first kappa shape index (κ1) is 16.1. The van der Waals surface area contributed by atoms with Crippen molar-refractivity contribution in [1.82, 2.24) is 10.2 Å². The molecule has 3 rings (SSSR count). The van der Waals surface area contributed by atoms with Crippen molar-refractivity contribution in [3.05, 3.63) is 52.4 Å². The van der Waals surface area contributed by atoms with Gasteiger partial charge in [0.1, 0.15) is 18.1 Å². The molecule has 2 aromatic rings. The number of likely N-dealkylation sites (N-methyl/N-ethyl adjacent to an activating group) is 1. The molecule has 1 aliphatic rings. The maximum atomic E-state index is 12.4. The Hall–Kier alpha value is -1.79. The topological polar surface area (TPSA) is 54.7 Å². The number of carbonyl (C=O) groups is 1. The maximum absolute atomic E-state index is 12.4. The SMILES string of the molecule is CN(C(=O)c1ccc(COc2cccc(Br)c2)o1)C1CCNC1. The molecule has 1 aromatic heterocycles. The second-order valence-electron chi connectivity index (χ2n) is 5.57. The molecule has 1 N–H and O–H groups in total. The van der Waals surface area contributed by atoms with Gasteiger partial charge in [-0.3, -0.25) is 4.79 Å². The van der Waals surface area contributed by atoms with E-state index in [9.17, 15) is 4.79 Å². The van der Waals surface area contributed by atoms with Gasteiger partial charge in [-0.1, -0.05) is 22.0 Å². The fourth-order valence-electron chi connectivity index (χ4n) is 2.59. The molecule has 1 unspecified atom stereocenters. The maximum Gasteiger partial charge on any atom is 0.289 e. The Morgan fingerprint density at radius 1 is 1.43 bits per heavy atom. The Kier molecular flexibility index (Phi) is 5.03. The van der Waals surface area contributed by atoms with Crippen LogP contribution in [0, 0.1) is 0 Å². The minimum absolute atomic E-state index is 0.0904. The van der Waals surface area contributed by atoms with Crippen LogP contribution in [0.3, 0.4) is 0 Å². The van der Waals surface area contributed by atoms with E-state index in [-0.39, 0.29) is 11.9 Å². The number of amides is 1. The van der Waals surface area contributed by atoms with Crippen molar-refractivity contribution in [2.24, 2.45) is 0 Å². The van der Waals surface area contributed by atoms with Crippen LogP contribution in [-0.2, 0) is 6.61 Å². The van der Waals surface area contributed by atoms with Gasteiger partial charge >= 0.3 is 0 Å². The number of nitrogens with zero attached hydrogens (tertiary/aromatic N) is 1. The summed E-state index contributed by atoms with van der Waals surface area (Å²) in [6, 6.07) is 11.3. The number of hydrogen-bond donors (Lipinski definition) is 1. The van der Waals surface area contributed by atoms with E-state index in [1.807, 2.05) is 31.3 Å². The zero-order chi connectivity index (χ0) is 16.2. The highest BCUT2D eigenvalue weighted by molar-refractivity contribution is 9.10. The number of halogens is 1. The zero-order valence-corrected chi connectivity index (χ0v) is 14.5. The monoisotopic (exact) mass is 378 g/mol. The van der Waals surface area contributed by atoms with Gasteiger partial charge in [0.15, 0.2) is 5.76 Å². The van der Waals surface area contributed by atoms with Crippen LogP contribution in [0.25, 0.3) is 0 Å². The Bertz CT molecular complexity index is 680. The third-order valence-electron chi connectivity index (χ3n) is 3.95. The smallest absolute Gasteiger partial charge is 0.289 e. The minimum Gasteiger partial charge on any atom is -0.486 e. The third kappa shape index (κ3) is 3.95. The predicted octanol–water partition coefficient (Wildman–Crippen LogP) is 3.06. The highest BCUT2D eigenvalue weighted by Crippen LogP contribution is 2.20. The Labute approximate surface area is 143 Å². The molecular weight excluding hydrogens is 360 g/mol. The standard InChI is InChI=1S/C17H19BrN2O3/c1-20(13-7-8-19-10-13)17(21)16-6-5-15(23-16)11-22-14-4-2-3-12(18)9-14/h2-6,9,13,19H,7-8,10-11H2,1H3. The first-order valence-corrected chi connectivity index (χ1v) is 8.38. The highest BCUT2D eigenvalue weighted by atomic mass is 79.9. The van der Waals surface area contributed by atoms with E-state index in [2.05, 4.69) is 21.2 Å². The van der Waals surface area contributed by atoms with Gasteiger partial charge in [-0.2, -0.15) is 0 Å². The normalized spacial score (nSPS) is 17.2. The van der Waals surface area contributed by atoms with Crippen LogP contribution >= 0.6 is 15.9 Å². The van der Waals surface area contributed by atoms with Crippen LogP contribution in [0.15, 0.2) is 45.3 Å². The number of ether oxygens (including phenoxy) is 1. The Balaban J connectivity index is 1.60. The van der Waals surface area contributed by atoms with Crippen molar-refractivity contribution in [3.8, 4) is 5.75 Å². The third-order valence-corrected chi connectivity index (χ3v) is 4.45. The summed E-state index contributed by atoms with van der Waals surface area (Å²) in [6.45, 7) is 2.08. The first-order chi connectivity index (χ1) is 11.1. The van der Waals surface area contributed by atoms with Gasteiger partial charge in [-0.25, -0.2) is 0 Å². The van der Waals surface area contributed by atoms with Crippen molar-refractivity contribution in [2.45, 2.75) is 19.1 Å². The van der Waals surface area contributed by atoms with E-state index in [4.69, 9.17) is 9.15 Å². The van der Waals surface area contributed by atoms with E-state index in [0.29, 0.717) is 18.1 Å². The van der Waals surface area contributed by atoms with Gasteiger partial charge in [0.2, 0.25) is 0 Å². The number of nitrogens with one attached hydrogen (secondary N) is 1. The van der Waals surface area contributed by atoms with Crippen molar-refractivity contribution >= 4 is 21.8 Å². The van der Waals surface area contributed by atoms with Gasteiger partial charge < -0.3 is 19.4 Å². The van der Waals surface area contributed by atoms with Crippen LogP contribution in [0.5, 0.6) is 5.75 Å². The average Bonchev–Trinajstić information content (AvgIpc) is 3.23. The van der Waals surface area contributed by atoms with E-state index >= 15 is 0 Å². The fourth-order valence-corrected chi connectivity index (χ4v) is 2.97. The molecule has 0 aliphatic carbocycles. The first-order valence-electron chi connectivity index (χ1n) is 7.58. The van der Waals surface area contributed by atoms with Gasteiger partial charge in [0.25, 0.3) is 5.91 Å². The molecule has 23 heavy (non-hydrogen) atoms. The molecule has 0 radical (unpaired) electrons. The van der Waals surface area contributed by atoms with Gasteiger partial charge in [0.05, 0.1) is 0 Å². The lowest BCUT2D eigenvalue weighted by molar-refractivity contribution is 0.0707. The molecule has 5 nitrogen and oxygen atoms in total. The summed E-state index contributed by atoms with van der Waals surface area (Å²) in [4.78, 5) is 14.2. The highest BCUT2D eigenvalue weighted by Gasteiger charge is 2.25. The van der Waals surface area contributed by atoms with Crippen LogP contribution in [0.2, 0.25) is 0 Å². The molecule has 2 heterocycles. The van der Waals surface area contributed by atoms with Gasteiger partial charge in [0, 0.05) is 24.1 Å². The molecule has 1 atom stereocenters. The van der Waals surface area contributed by atoms with Crippen LogP contribution in [0.4, 0.5) is 0 Å². The molecule has 1 amide bonds. The number of rotatable bonds is 5. The van der Waals surface area contributed by atoms with E-state index in [0.717, 1.165) is 29.7 Å². The summed E-state index contributed by atoms with van der Waals surface area (Å²) in [7, 11) is 1.82. The molecule has 0 saturated carbocycles. The van der Waals surface area contributed by atoms with Crippen LogP contribution < -0.4 is 10.1 Å². The van der Waals surface area contributed by atoms with Crippen molar-refractivity contribution in [2.75, 3.05) is 20.1 Å². The number of furan rings is 1. The molecule has 1 fully saturated rings. The summed E-state index contributed by atoms with van der Waals surface area (Å²) in [6.07, 6.45) is 0.974. The number of hydrogen-bond acceptors (Lipinski definition) is 4. The van der Waals surface area contributed by atoms with Crippen molar-refractivity contribution in [3.63, 3.8) is 0 Å². The zero-order valence-electron chi connectivity index (χ0n) is 12.9. The lowest BCUT2D eigenvalue weighted by atomic mass is 10.2. The van der Waals surface area contributed by atoms with Gasteiger partial charge in [-0.05, 0) is 43.3 Å². The molecule has 1 aromatic carbocycles. The summed E-state index contributed by atoms with van der Waals surface area (Å²) in [5.41, 5.74) is 0. The molecule has 122 valence electrons. The van der Waals surface area contributed by atoms with Gasteiger partial charge in [-0.15, -0.1) is 0 Å². The molecular formula is C17H19BrN2O3. The molecule has 6 heteroatoms. The predicted molar refractivity (Wildman–Crippen MR) is 90.6 cm³/mol. The summed E-state index contributed by atoms with van der Waals surface area (Å²) in [5, 5.41) is 3.26. The van der Waals surface area contributed by atoms with Crippen molar-refractivity contribution in [1.29, 1.82) is 0 Å². The lowest BCUT2D eigenvalue weighted by Gasteiger charge is -2.22. The molecule has 1 saturated heterocycles. The number of benzene rings is 1. The second-order valence-corrected chi connectivity index (χ2v) is 6.49. The van der Waals surface area contributed by atoms with E-state index < -0.39 is 0 Å². The molecule has 0 spiro atoms. The average molecular weight is 379 g/mol. The molecule has 0 bridgehead atoms. The minimum atomic E-state index is -0.0904. The lowest BCUT2D eigenvalue weighted by Crippen LogP contribution is -2.38. The van der Waals surface area contributed by atoms with Crippen LogP contribution in [0.1, 0.15) is 22.7 Å². The van der Waals surface area contributed by atoms with Crippen molar-refractivity contribution < 1.29 is 13.9 Å². The van der Waals surface area contributed by atoms with Crippen LogP contribution in [-0.4, -0.2) is 37.0 Å². The van der Waals surface area contributed by atoms with E-state index in [1.165, 1.54) is 0 Å². The Morgan fingerprint density at radius 3 is 3.04 bits per heavy atom. The Morgan fingerprint density at radius 2 is 2.30 bits per heavy atom. The molecule has 1 aliphatic heterocycles. The largest absolute Gasteiger partial charge is 0.486 e. The number of carbonyl (C=O) groups excluding carboxylic acids is 1. The summed E-state index contributed by atoms with van der Waals surface area (Å²) in [5.74, 6) is 1.64. The fraction of sp³-hybridized carbons (Fsp3) is 0.353. The summed E-state index contributed by atoms with van der Waals surface area (Å²) >= 11 is 3.40. The summed E-state index contributed by atoms with van der Waals surface area (Å²) < 4.78 is 12.3. The second kappa shape index (κ2) is 7.19. The van der Waals surface area contributed by atoms with E-state index in [1.54, 1.807) is 17.0 Å². The quantitative estimate of drug-likeness (QED) is 0.868.